The average Bonchev–Trinajstić information content (AvgIpc) is 2.91. The number of carbonyl (C=O) groups excluding carboxylic acids is 1. The summed E-state index contributed by atoms with van der Waals surface area (Å²) < 4.78 is 6.03. The van der Waals surface area contributed by atoms with Gasteiger partial charge in [0.1, 0.15) is 5.75 Å². The fourth-order valence-electron chi connectivity index (χ4n) is 1.77. The quantitative estimate of drug-likeness (QED) is 0.828. The van der Waals surface area contributed by atoms with Crippen LogP contribution in [0.4, 0.5) is 0 Å². The van der Waals surface area contributed by atoms with E-state index in [9.17, 15) is 4.79 Å². The van der Waals surface area contributed by atoms with E-state index in [2.05, 4.69) is 5.32 Å². The molecule has 1 heterocycles. The summed E-state index contributed by atoms with van der Waals surface area (Å²) in [6.45, 7) is 0.480. The molecule has 2 rings (SSSR count). The molecule has 1 aromatic heterocycles. The van der Waals surface area contributed by atoms with Crippen molar-refractivity contribution < 1.29 is 9.53 Å². The number of carbonyl (C=O) groups is 1. The van der Waals surface area contributed by atoms with Crippen molar-refractivity contribution in [3.8, 4) is 5.75 Å². The SMILES string of the molecule is COc1ccccc1CNC(=O)CSCc1ccc(Cl)s1. The van der Waals surface area contributed by atoms with Crippen molar-refractivity contribution in [2.75, 3.05) is 12.9 Å². The van der Waals surface area contributed by atoms with Gasteiger partial charge in [0.25, 0.3) is 0 Å². The Morgan fingerprint density at radius 3 is 2.86 bits per heavy atom. The predicted octanol–water partition coefficient (Wildman–Crippen LogP) is 3.96. The monoisotopic (exact) mass is 341 g/mol. The van der Waals surface area contributed by atoms with Crippen molar-refractivity contribution in [1.82, 2.24) is 5.32 Å². The highest BCUT2D eigenvalue weighted by Crippen LogP contribution is 2.25. The first kappa shape index (κ1) is 16.2. The standard InChI is InChI=1S/C15H16ClNO2S2/c1-19-13-5-3-2-4-11(13)8-17-15(18)10-20-9-12-6-7-14(16)21-12/h2-7H,8-10H2,1H3,(H,17,18). The molecule has 112 valence electrons. The Balaban J connectivity index is 1.72. The van der Waals surface area contributed by atoms with Crippen LogP contribution >= 0.6 is 34.7 Å². The number of benzene rings is 1. The van der Waals surface area contributed by atoms with Crippen LogP contribution in [0.2, 0.25) is 4.34 Å². The molecule has 0 aliphatic heterocycles. The Labute approximate surface area is 137 Å². The van der Waals surface area contributed by atoms with E-state index in [4.69, 9.17) is 16.3 Å². The van der Waals surface area contributed by atoms with E-state index in [1.165, 1.54) is 4.88 Å². The number of ether oxygens (including phenoxy) is 1. The number of halogens is 1. The molecule has 6 heteroatoms. The molecule has 0 atom stereocenters. The van der Waals surface area contributed by atoms with Crippen molar-refractivity contribution in [2.24, 2.45) is 0 Å². The highest BCUT2D eigenvalue weighted by molar-refractivity contribution is 7.99. The number of methoxy groups -OCH3 is 1. The van der Waals surface area contributed by atoms with E-state index >= 15 is 0 Å². The summed E-state index contributed by atoms with van der Waals surface area (Å²) in [5.41, 5.74) is 0.975. The minimum Gasteiger partial charge on any atom is -0.496 e. The lowest BCUT2D eigenvalue weighted by Gasteiger charge is -2.09. The van der Waals surface area contributed by atoms with Gasteiger partial charge in [-0.3, -0.25) is 4.79 Å². The minimum absolute atomic E-state index is 0.0218. The highest BCUT2D eigenvalue weighted by Gasteiger charge is 2.06. The van der Waals surface area contributed by atoms with Crippen LogP contribution in [0.15, 0.2) is 36.4 Å². The predicted molar refractivity (Wildman–Crippen MR) is 90.3 cm³/mol. The summed E-state index contributed by atoms with van der Waals surface area (Å²) in [4.78, 5) is 13.0. The van der Waals surface area contributed by atoms with Crippen LogP contribution < -0.4 is 10.1 Å². The molecule has 0 spiro atoms. The van der Waals surface area contributed by atoms with E-state index in [-0.39, 0.29) is 5.91 Å². The van der Waals surface area contributed by atoms with Crippen molar-refractivity contribution in [3.05, 3.63) is 51.2 Å². The smallest absolute Gasteiger partial charge is 0.230 e. The van der Waals surface area contributed by atoms with Crippen molar-refractivity contribution in [1.29, 1.82) is 0 Å². The molecule has 0 aliphatic carbocycles. The van der Waals surface area contributed by atoms with Crippen molar-refractivity contribution >= 4 is 40.6 Å². The van der Waals surface area contributed by atoms with Crippen molar-refractivity contribution in [2.45, 2.75) is 12.3 Å². The number of thioether (sulfide) groups is 1. The van der Waals surface area contributed by atoms with Crippen LogP contribution in [0.3, 0.4) is 0 Å². The van der Waals surface area contributed by atoms with Gasteiger partial charge >= 0.3 is 0 Å². The van der Waals surface area contributed by atoms with Gasteiger partial charge in [-0.15, -0.1) is 23.1 Å². The molecule has 1 N–H and O–H groups in total. The molecule has 0 saturated heterocycles. The normalized spacial score (nSPS) is 10.4. The van der Waals surface area contributed by atoms with Gasteiger partial charge in [-0.2, -0.15) is 0 Å². The fraction of sp³-hybridized carbons (Fsp3) is 0.267. The summed E-state index contributed by atoms with van der Waals surface area (Å²) >= 11 is 9.00. The molecular formula is C15H16ClNO2S2. The van der Waals surface area contributed by atoms with Gasteiger partial charge in [0, 0.05) is 22.7 Å². The summed E-state index contributed by atoms with van der Waals surface area (Å²) in [6, 6.07) is 11.5. The second-order valence-corrected chi connectivity index (χ2v) is 7.07. The number of hydrogen-bond acceptors (Lipinski definition) is 4. The van der Waals surface area contributed by atoms with Gasteiger partial charge in [0.05, 0.1) is 17.2 Å². The molecule has 0 fully saturated rings. The maximum Gasteiger partial charge on any atom is 0.230 e. The molecule has 3 nitrogen and oxygen atoms in total. The van der Waals surface area contributed by atoms with Gasteiger partial charge in [0.2, 0.25) is 5.91 Å². The zero-order valence-electron chi connectivity index (χ0n) is 11.6. The van der Waals surface area contributed by atoms with Crippen LogP contribution in [0.1, 0.15) is 10.4 Å². The second-order valence-electron chi connectivity index (χ2n) is 4.29. The minimum atomic E-state index is 0.0218. The Morgan fingerprint density at radius 1 is 1.33 bits per heavy atom. The first-order valence-electron chi connectivity index (χ1n) is 6.39. The van der Waals surface area contributed by atoms with Gasteiger partial charge in [-0.05, 0) is 18.2 Å². The molecule has 1 amide bonds. The Kier molecular flexibility index (Phi) is 6.42. The topological polar surface area (TPSA) is 38.3 Å². The van der Waals surface area contributed by atoms with E-state index in [0.29, 0.717) is 12.3 Å². The molecule has 0 radical (unpaired) electrons. The molecular weight excluding hydrogens is 326 g/mol. The molecule has 0 aliphatic rings. The van der Waals surface area contributed by atoms with Gasteiger partial charge in [-0.1, -0.05) is 29.8 Å². The lowest BCUT2D eigenvalue weighted by atomic mass is 10.2. The first-order chi connectivity index (χ1) is 10.2. The molecule has 2 aromatic rings. The summed E-state index contributed by atoms with van der Waals surface area (Å²) in [5.74, 6) is 2.05. The Hall–Kier alpha value is -1.17. The lowest BCUT2D eigenvalue weighted by molar-refractivity contribution is -0.118. The van der Waals surface area contributed by atoms with E-state index < -0.39 is 0 Å². The molecule has 0 bridgehead atoms. The largest absolute Gasteiger partial charge is 0.496 e. The number of rotatable bonds is 7. The van der Waals surface area contributed by atoms with E-state index in [0.717, 1.165) is 21.4 Å². The Bertz CT molecular complexity index is 601. The third kappa shape index (κ3) is 5.26. The molecule has 0 unspecified atom stereocenters. The molecule has 21 heavy (non-hydrogen) atoms. The number of thiophene rings is 1. The zero-order valence-corrected chi connectivity index (χ0v) is 14.0. The van der Waals surface area contributed by atoms with Crippen LogP contribution in [-0.4, -0.2) is 18.8 Å². The second kappa shape index (κ2) is 8.32. The van der Waals surface area contributed by atoms with Gasteiger partial charge < -0.3 is 10.1 Å². The van der Waals surface area contributed by atoms with Crippen molar-refractivity contribution in [3.63, 3.8) is 0 Å². The highest BCUT2D eigenvalue weighted by atomic mass is 35.5. The average molecular weight is 342 g/mol. The third-order valence-corrected chi connectivity index (χ3v) is 5.17. The number of nitrogens with one attached hydrogen (secondary N) is 1. The van der Waals surface area contributed by atoms with Crippen LogP contribution in [0, 0.1) is 0 Å². The zero-order chi connectivity index (χ0) is 15.1. The van der Waals surface area contributed by atoms with Crippen LogP contribution in [0.5, 0.6) is 5.75 Å². The summed E-state index contributed by atoms with van der Waals surface area (Å²) in [6.07, 6.45) is 0. The third-order valence-electron chi connectivity index (χ3n) is 2.77. The first-order valence-corrected chi connectivity index (χ1v) is 8.74. The van der Waals surface area contributed by atoms with E-state index in [1.807, 2.05) is 36.4 Å². The fourth-order valence-corrected chi connectivity index (χ4v) is 3.82. The number of amides is 1. The maximum absolute atomic E-state index is 11.8. The number of para-hydroxylation sites is 1. The maximum atomic E-state index is 11.8. The lowest BCUT2D eigenvalue weighted by Crippen LogP contribution is -2.24. The molecule has 1 aromatic carbocycles. The summed E-state index contributed by atoms with van der Waals surface area (Å²) in [7, 11) is 1.63. The summed E-state index contributed by atoms with van der Waals surface area (Å²) in [5, 5.41) is 2.90. The number of hydrogen-bond donors (Lipinski definition) is 1. The van der Waals surface area contributed by atoms with Gasteiger partial charge in [0.15, 0.2) is 0 Å². The van der Waals surface area contributed by atoms with Crippen LogP contribution in [0.25, 0.3) is 0 Å². The van der Waals surface area contributed by atoms with E-state index in [1.54, 1.807) is 30.2 Å². The molecule has 0 saturated carbocycles. The van der Waals surface area contributed by atoms with Crippen LogP contribution in [-0.2, 0) is 17.1 Å². The van der Waals surface area contributed by atoms with Gasteiger partial charge in [-0.25, -0.2) is 0 Å². The Morgan fingerprint density at radius 2 is 2.14 bits per heavy atom.